The Morgan fingerprint density at radius 3 is 2.42 bits per heavy atom. The van der Waals surface area contributed by atoms with Gasteiger partial charge in [0.1, 0.15) is 0 Å². The molecule has 1 fully saturated rings. The third-order valence-electron chi connectivity index (χ3n) is 4.28. The topological polar surface area (TPSA) is 78.4 Å². The fraction of sp³-hybridized carbons (Fsp3) is 0.333. The van der Waals surface area contributed by atoms with Crippen LogP contribution in [0.3, 0.4) is 0 Å². The molecule has 8 heteroatoms. The molecule has 1 saturated heterocycles. The van der Waals surface area contributed by atoms with E-state index in [0.717, 1.165) is 18.4 Å². The molecule has 0 atom stereocenters. The highest BCUT2D eigenvalue weighted by Gasteiger charge is 2.17. The van der Waals surface area contributed by atoms with Gasteiger partial charge in [0.15, 0.2) is 11.5 Å². The maximum absolute atomic E-state index is 12.2. The summed E-state index contributed by atoms with van der Waals surface area (Å²) in [5, 5.41) is 11.7. The monoisotopic (exact) mass is 373 g/mol. The van der Waals surface area contributed by atoms with Gasteiger partial charge in [0, 0.05) is 37.7 Å². The highest BCUT2D eigenvalue weighted by atomic mass is 35.5. The largest absolute Gasteiger partial charge is 0.352 e. The van der Waals surface area contributed by atoms with Crippen LogP contribution >= 0.6 is 11.6 Å². The van der Waals surface area contributed by atoms with Gasteiger partial charge < -0.3 is 15.1 Å². The summed E-state index contributed by atoms with van der Waals surface area (Å²) >= 11 is 5.85. The highest BCUT2D eigenvalue weighted by molar-refractivity contribution is 6.30. The van der Waals surface area contributed by atoms with E-state index in [1.807, 2.05) is 24.3 Å². The Morgan fingerprint density at radius 2 is 1.81 bits per heavy atom. The Labute approximate surface area is 157 Å². The highest BCUT2D eigenvalue weighted by Crippen LogP contribution is 2.12. The molecule has 0 spiro atoms. The van der Waals surface area contributed by atoms with Crippen LogP contribution in [0.5, 0.6) is 0 Å². The van der Waals surface area contributed by atoms with Crippen LogP contribution in [-0.2, 0) is 11.2 Å². The lowest BCUT2D eigenvalue weighted by molar-refractivity contribution is -0.118. The lowest BCUT2D eigenvalue weighted by Crippen LogP contribution is -2.46. The first-order valence-corrected chi connectivity index (χ1v) is 8.84. The lowest BCUT2D eigenvalue weighted by atomic mass is 10.1. The van der Waals surface area contributed by atoms with Crippen molar-refractivity contribution in [2.24, 2.45) is 0 Å². The van der Waals surface area contributed by atoms with E-state index in [4.69, 9.17) is 11.6 Å². The van der Waals surface area contributed by atoms with Crippen molar-refractivity contribution in [3.8, 4) is 0 Å². The number of anilines is 1. The molecule has 1 N–H and O–H groups in total. The van der Waals surface area contributed by atoms with Gasteiger partial charge >= 0.3 is 0 Å². The number of nitrogens with zero attached hydrogens (tertiary/aromatic N) is 4. The number of rotatable bonds is 6. The predicted molar refractivity (Wildman–Crippen MR) is 99.4 cm³/mol. The molecule has 1 aromatic carbocycles. The molecule has 1 aromatic heterocycles. The zero-order valence-corrected chi connectivity index (χ0v) is 15.0. The second kappa shape index (κ2) is 8.62. The fourth-order valence-corrected chi connectivity index (χ4v) is 2.86. The second-order valence-electron chi connectivity index (χ2n) is 6.04. The molecule has 3 rings (SSSR count). The molecule has 2 amide bonds. The van der Waals surface area contributed by atoms with Crippen molar-refractivity contribution in [1.29, 1.82) is 0 Å². The van der Waals surface area contributed by atoms with Crippen LogP contribution in [0.2, 0.25) is 5.02 Å². The molecular weight excluding hydrogens is 354 g/mol. The molecule has 0 bridgehead atoms. The number of benzene rings is 1. The van der Waals surface area contributed by atoms with Crippen molar-refractivity contribution in [3.63, 3.8) is 0 Å². The summed E-state index contributed by atoms with van der Waals surface area (Å²) in [6.45, 7) is 3.26. The molecule has 0 radical (unpaired) electrons. The van der Waals surface area contributed by atoms with E-state index in [9.17, 15) is 9.59 Å². The van der Waals surface area contributed by atoms with Gasteiger partial charge in [-0.2, -0.15) is 0 Å². The van der Waals surface area contributed by atoms with Crippen molar-refractivity contribution < 1.29 is 9.59 Å². The van der Waals surface area contributed by atoms with Crippen molar-refractivity contribution >= 4 is 29.7 Å². The summed E-state index contributed by atoms with van der Waals surface area (Å²) in [6.07, 6.45) is 1.58. The zero-order valence-electron chi connectivity index (χ0n) is 14.3. The summed E-state index contributed by atoms with van der Waals surface area (Å²) in [5.41, 5.74) is 1.39. The quantitative estimate of drug-likeness (QED) is 0.774. The van der Waals surface area contributed by atoms with Crippen molar-refractivity contribution in [2.45, 2.75) is 6.42 Å². The number of halogens is 1. The van der Waals surface area contributed by atoms with Gasteiger partial charge in [-0.05, 0) is 36.2 Å². The van der Waals surface area contributed by atoms with Crippen LogP contribution in [0.25, 0.3) is 0 Å². The first-order valence-electron chi connectivity index (χ1n) is 8.46. The minimum Gasteiger partial charge on any atom is -0.352 e. The lowest BCUT2D eigenvalue weighted by Gasteiger charge is -2.32. The fourth-order valence-electron chi connectivity index (χ4n) is 2.73. The van der Waals surface area contributed by atoms with Gasteiger partial charge in [0.25, 0.3) is 5.91 Å². The molecule has 26 heavy (non-hydrogen) atoms. The molecule has 2 aromatic rings. The predicted octanol–water partition coefficient (Wildman–Crippen LogP) is 1.38. The van der Waals surface area contributed by atoms with Crippen LogP contribution in [0.1, 0.15) is 16.1 Å². The summed E-state index contributed by atoms with van der Waals surface area (Å²) < 4.78 is 0. The van der Waals surface area contributed by atoms with Gasteiger partial charge in [0.05, 0.1) is 0 Å². The van der Waals surface area contributed by atoms with Crippen LogP contribution < -0.4 is 10.2 Å². The molecule has 1 aliphatic heterocycles. The molecule has 7 nitrogen and oxygen atoms in total. The van der Waals surface area contributed by atoms with Gasteiger partial charge in [-0.3, -0.25) is 9.59 Å². The van der Waals surface area contributed by atoms with Gasteiger partial charge in [-0.25, -0.2) is 0 Å². The molecule has 0 saturated carbocycles. The molecule has 1 aliphatic rings. The van der Waals surface area contributed by atoms with Gasteiger partial charge in [0.2, 0.25) is 6.41 Å². The zero-order chi connectivity index (χ0) is 18.4. The Morgan fingerprint density at radius 1 is 1.08 bits per heavy atom. The molecular formula is C18H20ClN5O2. The van der Waals surface area contributed by atoms with Crippen LogP contribution in [0.4, 0.5) is 5.82 Å². The molecule has 136 valence electrons. The second-order valence-corrected chi connectivity index (χ2v) is 6.47. The van der Waals surface area contributed by atoms with Crippen molar-refractivity contribution in [3.05, 3.63) is 52.7 Å². The number of aromatic nitrogens is 2. The Balaban J connectivity index is 1.49. The average Bonchev–Trinajstić information content (AvgIpc) is 2.69. The number of carbonyl (C=O) groups is 2. The standard InChI is InChI=1S/C18H20ClN5O2/c19-15-3-1-14(2-4-15)7-8-20-18(26)16-5-6-17(22-21-16)24-11-9-23(13-25)10-12-24/h1-6,13H,7-12H2,(H,20,26). The van der Waals surface area contributed by atoms with Crippen LogP contribution in [0.15, 0.2) is 36.4 Å². The summed E-state index contributed by atoms with van der Waals surface area (Å²) in [4.78, 5) is 26.7. The Kier molecular flexibility index (Phi) is 6.01. The normalized spacial score (nSPS) is 14.2. The number of hydrogen-bond acceptors (Lipinski definition) is 5. The smallest absolute Gasteiger partial charge is 0.271 e. The third-order valence-corrected chi connectivity index (χ3v) is 4.53. The third kappa shape index (κ3) is 4.70. The van der Waals surface area contributed by atoms with Gasteiger partial charge in [-0.15, -0.1) is 10.2 Å². The summed E-state index contributed by atoms with van der Waals surface area (Å²) in [5.74, 6) is 0.469. The van der Waals surface area contributed by atoms with Crippen LogP contribution in [-0.4, -0.2) is 60.1 Å². The number of amides is 2. The number of piperazine rings is 1. The SMILES string of the molecule is O=CN1CCN(c2ccc(C(=O)NCCc3ccc(Cl)cc3)nn2)CC1. The van der Waals surface area contributed by atoms with Crippen LogP contribution in [0, 0.1) is 0 Å². The number of hydrogen-bond donors (Lipinski definition) is 1. The van der Waals surface area contributed by atoms with E-state index in [1.165, 1.54) is 0 Å². The minimum absolute atomic E-state index is 0.246. The first kappa shape index (κ1) is 18.1. The van der Waals surface area contributed by atoms with E-state index < -0.39 is 0 Å². The average molecular weight is 374 g/mol. The summed E-state index contributed by atoms with van der Waals surface area (Å²) in [6, 6.07) is 11.0. The van der Waals surface area contributed by atoms with Gasteiger partial charge in [-0.1, -0.05) is 23.7 Å². The number of nitrogens with one attached hydrogen (secondary N) is 1. The van der Waals surface area contributed by atoms with E-state index in [1.54, 1.807) is 17.0 Å². The number of carbonyl (C=O) groups excluding carboxylic acids is 2. The Bertz CT molecular complexity index is 743. The van der Waals surface area contributed by atoms with E-state index in [-0.39, 0.29) is 11.6 Å². The molecule has 0 aliphatic carbocycles. The minimum atomic E-state index is -0.246. The Hall–Kier alpha value is -2.67. The van der Waals surface area contributed by atoms with E-state index in [0.29, 0.717) is 43.6 Å². The maximum atomic E-state index is 12.2. The summed E-state index contributed by atoms with van der Waals surface area (Å²) in [7, 11) is 0. The van der Waals surface area contributed by atoms with E-state index >= 15 is 0 Å². The van der Waals surface area contributed by atoms with E-state index in [2.05, 4.69) is 20.4 Å². The first-order chi connectivity index (χ1) is 12.7. The van der Waals surface area contributed by atoms with Crippen molar-refractivity contribution in [2.75, 3.05) is 37.6 Å². The van der Waals surface area contributed by atoms with Crippen molar-refractivity contribution in [1.82, 2.24) is 20.4 Å². The molecule has 2 heterocycles. The molecule has 0 unspecified atom stereocenters. The maximum Gasteiger partial charge on any atom is 0.271 e.